The van der Waals surface area contributed by atoms with E-state index < -0.39 is 5.91 Å². The molecule has 4 unspecified atom stereocenters. The van der Waals surface area contributed by atoms with Crippen LogP contribution in [0.2, 0.25) is 5.15 Å². The standard InChI is InChI=1S/C21H24ClN5O3/c1-9-10(2)14(6-13(9)8-28)25-20-17(18(22)26-21(24)27-20)16-7-12-5-11(19(23)29)3-4-15(12)30-16/h3-5,7,9-10,13-14,28H,6,8H2,1-2H3,(H2,23,29)(H3,24,25,26,27). The van der Waals surface area contributed by atoms with E-state index >= 15 is 0 Å². The lowest BCUT2D eigenvalue weighted by atomic mass is 9.92. The van der Waals surface area contributed by atoms with Gasteiger partial charge in [-0.2, -0.15) is 4.98 Å². The Kier molecular flexibility index (Phi) is 5.29. The molecular formula is C21H24ClN5O3. The molecule has 2 heterocycles. The number of hydrogen-bond acceptors (Lipinski definition) is 7. The van der Waals surface area contributed by atoms with Crippen molar-refractivity contribution in [3.63, 3.8) is 0 Å². The van der Waals surface area contributed by atoms with Gasteiger partial charge >= 0.3 is 0 Å². The normalized spacial score (nSPS) is 23.7. The predicted octanol–water partition coefficient (Wildman–Crippen LogP) is 3.29. The molecule has 0 spiro atoms. The molecule has 4 rings (SSSR count). The third kappa shape index (κ3) is 3.57. The zero-order valence-corrected chi connectivity index (χ0v) is 17.5. The van der Waals surface area contributed by atoms with Crippen LogP contribution in [0.1, 0.15) is 30.6 Å². The third-order valence-electron chi connectivity index (χ3n) is 6.25. The molecule has 4 atom stereocenters. The number of anilines is 2. The summed E-state index contributed by atoms with van der Waals surface area (Å²) >= 11 is 6.44. The molecule has 3 aromatic rings. The number of nitrogens with one attached hydrogen (secondary N) is 1. The first-order valence-electron chi connectivity index (χ1n) is 9.82. The second-order valence-electron chi connectivity index (χ2n) is 7.97. The van der Waals surface area contributed by atoms with Gasteiger partial charge in [-0.05, 0) is 48.4 Å². The number of carbonyl (C=O) groups excluding carboxylic acids is 1. The number of fused-ring (bicyclic) bond motifs is 1. The van der Waals surface area contributed by atoms with E-state index in [4.69, 9.17) is 27.5 Å². The molecule has 8 nitrogen and oxygen atoms in total. The first-order valence-corrected chi connectivity index (χ1v) is 10.2. The molecule has 1 amide bonds. The Hall–Kier alpha value is -2.84. The monoisotopic (exact) mass is 429 g/mol. The van der Waals surface area contributed by atoms with E-state index in [9.17, 15) is 9.90 Å². The number of nitrogens with zero attached hydrogens (tertiary/aromatic N) is 2. The summed E-state index contributed by atoms with van der Waals surface area (Å²) in [5.74, 6) is 1.37. The third-order valence-corrected chi connectivity index (χ3v) is 6.52. The minimum atomic E-state index is -0.515. The SMILES string of the molecule is CC1C(CO)CC(Nc2nc(N)nc(Cl)c2-c2cc3cc(C(N)=O)ccc3o2)C1C. The number of benzene rings is 1. The van der Waals surface area contributed by atoms with Crippen molar-refractivity contribution >= 4 is 40.2 Å². The van der Waals surface area contributed by atoms with Crippen molar-refractivity contribution in [2.75, 3.05) is 17.7 Å². The topological polar surface area (TPSA) is 140 Å². The molecule has 1 aliphatic carbocycles. The average molecular weight is 430 g/mol. The maximum atomic E-state index is 11.5. The summed E-state index contributed by atoms with van der Waals surface area (Å²) < 4.78 is 5.97. The smallest absolute Gasteiger partial charge is 0.248 e. The van der Waals surface area contributed by atoms with Crippen LogP contribution in [0.5, 0.6) is 0 Å². The number of halogens is 1. The number of nitrogen functional groups attached to an aromatic ring is 1. The minimum Gasteiger partial charge on any atom is -0.456 e. The van der Waals surface area contributed by atoms with Gasteiger partial charge in [-0.3, -0.25) is 4.79 Å². The summed E-state index contributed by atoms with van der Waals surface area (Å²) in [7, 11) is 0. The summed E-state index contributed by atoms with van der Waals surface area (Å²) in [6.07, 6.45) is 0.807. The van der Waals surface area contributed by atoms with Gasteiger partial charge in [0.05, 0.1) is 5.56 Å². The number of aliphatic hydroxyl groups is 1. The summed E-state index contributed by atoms with van der Waals surface area (Å²) in [6, 6.07) is 6.81. The predicted molar refractivity (Wildman–Crippen MR) is 116 cm³/mol. The van der Waals surface area contributed by atoms with E-state index in [1.807, 2.05) is 0 Å². The maximum Gasteiger partial charge on any atom is 0.248 e. The molecule has 0 saturated heterocycles. The van der Waals surface area contributed by atoms with Gasteiger partial charge in [0.2, 0.25) is 11.9 Å². The van der Waals surface area contributed by atoms with E-state index in [1.165, 1.54) is 0 Å². The molecule has 1 aliphatic rings. The van der Waals surface area contributed by atoms with Crippen LogP contribution in [0.3, 0.4) is 0 Å². The molecule has 0 bridgehead atoms. The van der Waals surface area contributed by atoms with E-state index in [-0.39, 0.29) is 29.7 Å². The van der Waals surface area contributed by atoms with Gasteiger partial charge in [-0.25, -0.2) is 4.98 Å². The highest BCUT2D eigenvalue weighted by molar-refractivity contribution is 6.32. The zero-order chi connectivity index (χ0) is 21.6. The van der Waals surface area contributed by atoms with Gasteiger partial charge in [0, 0.05) is 23.6 Å². The first kappa shape index (κ1) is 20.4. The van der Waals surface area contributed by atoms with Crippen LogP contribution < -0.4 is 16.8 Å². The van der Waals surface area contributed by atoms with Crippen molar-refractivity contribution in [2.24, 2.45) is 23.5 Å². The number of aliphatic hydroxyl groups excluding tert-OH is 1. The minimum absolute atomic E-state index is 0.0517. The van der Waals surface area contributed by atoms with E-state index in [0.29, 0.717) is 45.5 Å². The van der Waals surface area contributed by atoms with Crippen molar-refractivity contribution in [1.82, 2.24) is 9.97 Å². The van der Waals surface area contributed by atoms with Crippen LogP contribution in [0.4, 0.5) is 11.8 Å². The van der Waals surface area contributed by atoms with Crippen molar-refractivity contribution < 1.29 is 14.3 Å². The number of nitrogens with two attached hydrogens (primary N) is 2. The molecule has 158 valence electrons. The van der Waals surface area contributed by atoms with Crippen LogP contribution in [0, 0.1) is 17.8 Å². The second kappa shape index (κ2) is 7.77. The lowest BCUT2D eigenvalue weighted by Gasteiger charge is -2.21. The maximum absolute atomic E-state index is 11.5. The quantitative estimate of drug-likeness (QED) is 0.456. The Morgan fingerprint density at radius 3 is 2.73 bits per heavy atom. The molecule has 30 heavy (non-hydrogen) atoms. The summed E-state index contributed by atoms with van der Waals surface area (Å²) in [4.78, 5) is 19.9. The fraction of sp³-hybridized carbons (Fsp3) is 0.381. The fourth-order valence-corrected chi connectivity index (χ4v) is 4.52. The van der Waals surface area contributed by atoms with Crippen LogP contribution in [-0.2, 0) is 0 Å². The summed E-state index contributed by atoms with van der Waals surface area (Å²) in [5, 5.41) is 14.0. The Labute approximate surface area is 178 Å². The van der Waals surface area contributed by atoms with Crippen molar-refractivity contribution in [3.05, 3.63) is 35.0 Å². The van der Waals surface area contributed by atoms with Gasteiger partial charge < -0.3 is 26.3 Å². The highest BCUT2D eigenvalue weighted by atomic mass is 35.5. The average Bonchev–Trinajstić information content (AvgIpc) is 3.22. The molecule has 0 radical (unpaired) electrons. The van der Waals surface area contributed by atoms with Gasteiger partial charge in [0.15, 0.2) is 0 Å². The number of rotatable bonds is 5. The van der Waals surface area contributed by atoms with Crippen molar-refractivity contribution in [1.29, 1.82) is 0 Å². The lowest BCUT2D eigenvalue weighted by Crippen LogP contribution is -2.25. The largest absolute Gasteiger partial charge is 0.456 e. The van der Waals surface area contributed by atoms with Crippen LogP contribution in [0.15, 0.2) is 28.7 Å². The highest BCUT2D eigenvalue weighted by Crippen LogP contribution is 2.41. The zero-order valence-electron chi connectivity index (χ0n) is 16.7. The lowest BCUT2D eigenvalue weighted by molar-refractivity contribution is 0.100. The molecule has 9 heteroatoms. The van der Waals surface area contributed by atoms with Gasteiger partial charge in [-0.1, -0.05) is 25.4 Å². The molecule has 2 aromatic heterocycles. The first-order chi connectivity index (χ1) is 14.3. The van der Waals surface area contributed by atoms with Crippen LogP contribution >= 0.6 is 11.6 Å². The van der Waals surface area contributed by atoms with Gasteiger partial charge in [-0.15, -0.1) is 0 Å². The second-order valence-corrected chi connectivity index (χ2v) is 8.33. The Balaban J connectivity index is 1.75. The highest BCUT2D eigenvalue weighted by Gasteiger charge is 2.38. The van der Waals surface area contributed by atoms with Crippen molar-refractivity contribution in [3.8, 4) is 11.3 Å². The summed E-state index contributed by atoms with van der Waals surface area (Å²) in [5.41, 5.74) is 12.7. The number of furan rings is 1. The number of aromatic nitrogens is 2. The van der Waals surface area contributed by atoms with E-state index in [1.54, 1.807) is 24.3 Å². The van der Waals surface area contributed by atoms with Gasteiger partial charge in [0.1, 0.15) is 22.3 Å². The molecule has 1 saturated carbocycles. The van der Waals surface area contributed by atoms with Crippen LogP contribution in [-0.4, -0.2) is 33.6 Å². The number of amides is 1. The van der Waals surface area contributed by atoms with Crippen molar-refractivity contribution in [2.45, 2.75) is 26.3 Å². The molecular weight excluding hydrogens is 406 g/mol. The van der Waals surface area contributed by atoms with E-state index in [0.717, 1.165) is 6.42 Å². The molecule has 0 aliphatic heterocycles. The number of hydrogen-bond donors (Lipinski definition) is 4. The van der Waals surface area contributed by atoms with Gasteiger partial charge in [0.25, 0.3) is 0 Å². The summed E-state index contributed by atoms with van der Waals surface area (Å²) in [6.45, 7) is 4.44. The molecule has 1 aromatic carbocycles. The van der Waals surface area contributed by atoms with E-state index in [2.05, 4.69) is 29.1 Å². The molecule has 6 N–H and O–H groups in total. The fourth-order valence-electron chi connectivity index (χ4n) is 4.25. The Bertz CT molecular complexity index is 1120. The molecule has 1 fully saturated rings. The number of carbonyl (C=O) groups is 1. The Morgan fingerprint density at radius 2 is 2.07 bits per heavy atom. The Morgan fingerprint density at radius 1 is 1.30 bits per heavy atom. The number of primary amides is 1. The van der Waals surface area contributed by atoms with Crippen LogP contribution in [0.25, 0.3) is 22.3 Å².